The van der Waals surface area contributed by atoms with Crippen molar-refractivity contribution in [2.45, 2.75) is 24.3 Å². The zero-order valence-corrected chi connectivity index (χ0v) is 12.8. The molecule has 0 spiro atoms. The van der Waals surface area contributed by atoms with Crippen molar-refractivity contribution >= 4 is 16.0 Å². The Labute approximate surface area is 124 Å². The lowest BCUT2D eigenvalue weighted by Gasteiger charge is -2.16. The predicted octanol–water partition coefficient (Wildman–Crippen LogP) is 0.923. The molecule has 1 aromatic rings. The van der Waals surface area contributed by atoms with Crippen molar-refractivity contribution in [3.63, 3.8) is 0 Å². The first-order valence-electron chi connectivity index (χ1n) is 6.72. The molecule has 0 aliphatic carbocycles. The predicted molar refractivity (Wildman–Crippen MR) is 76.0 cm³/mol. The Kier molecular flexibility index (Phi) is 4.65. The highest BCUT2D eigenvalue weighted by Crippen LogP contribution is 2.25. The van der Waals surface area contributed by atoms with Crippen molar-refractivity contribution in [1.82, 2.24) is 4.31 Å². The average molecular weight is 313 g/mol. The van der Waals surface area contributed by atoms with E-state index in [1.165, 1.54) is 23.5 Å². The monoisotopic (exact) mass is 313 g/mol. The summed E-state index contributed by atoms with van der Waals surface area (Å²) in [6, 6.07) is 6.13. The van der Waals surface area contributed by atoms with Gasteiger partial charge in [-0.25, -0.2) is 8.42 Å². The molecule has 2 unspecified atom stereocenters. The molecule has 0 radical (unpaired) electrons. The summed E-state index contributed by atoms with van der Waals surface area (Å²) < 4.78 is 30.9. The van der Waals surface area contributed by atoms with Gasteiger partial charge < -0.3 is 9.84 Å². The van der Waals surface area contributed by atoms with Gasteiger partial charge in [-0.05, 0) is 31.0 Å². The molecule has 1 aliphatic heterocycles. The lowest BCUT2D eigenvalue weighted by Crippen LogP contribution is -2.30. The number of sulfonamides is 1. The van der Waals surface area contributed by atoms with Gasteiger partial charge in [0, 0.05) is 13.1 Å². The summed E-state index contributed by atoms with van der Waals surface area (Å²) in [6.07, 6.45) is -0.172. The molecule has 1 aliphatic rings. The van der Waals surface area contributed by atoms with E-state index >= 15 is 0 Å². The molecule has 1 heterocycles. The molecule has 0 bridgehead atoms. The van der Waals surface area contributed by atoms with Crippen molar-refractivity contribution in [1.29, 1.82) is 0 Å². The molecule has 0 saturated carbocycles. The number of benzene rings is 1. The SMILES string of the molecule is COC(=O)C1CCN(S(=O)(=O)c2ccc(C(C)O)cc2)C1. The van der Waals surface area contributed by atoms with Crippen molar-refractivity contribution in [3.8, 4) is 0 Å². The summed E-state index contributed by atoms with van der Waals surface area (Å²) in [5.41, 5.74) is 0.655. The second-order valence-corrected chi connectivity index (χ2v) is 7.05. The van der Waals surface area contributed by atoms with Gasteiger partial charge in [0.2, 0.25) is 10.0 Å². The van der Waals surface area contributed by atoms with E-state index in [0.717, 1.165) is 0 Å². The Balaban J connectivity index is 2.17. The standard InChI is InChI=1S/C14H19NO5S/c1-10(16)11-3-5-13(6-4-11)21(18,19)15-8-7-12(9-15)14(17)20-2/h3-6,10,12,16H,7-9H2,1-2H3. The van der Waals surface area contributed by atoms with Crippen LogP contribution in [0.15, 0.2) is 29.2 Å². The molecule has 2 rings (SSSR count). The maximum Gasteiger partial charge on any atom is 0.310 e. The van der Waals surface area contributed by atoms with Gasteiger partial charge in [-0.3, -0.25) is 4.79 Å². The minimum absolute atomic E-state index is 0.146. The molecular formula is C14H19NO5S. The third-order valence-corrected chi connectivity index (χ3v) is 5.57. The van der Waals surface area contributed by atoms with E-state index in [-0.39, 0.29) is 17.4 Å². The second kappa shape index (κ2) is 6.13. The Hall–Kier alpha value is -1.44. The minimum Gasteiger partial charge on any atom is -0.469 e. The molecule has 6 nitrogen and oxygen atoms in total. The zero-order chi connectivity index (χ0) is 15.6. The highest BCUT2D eigenvalue weighted by molar-refractivity contribution is 7.89. The number of rotatable bonds is 4. The van der Waals surface area contributed by atoms with Crippen LogP contribution in [0.2, 0.25) is 0 Å². The minimum atomic E-state index is -3.61. The second-order valence-electron chi connectivity index (χ2n) is 5.12. The Morgan fingerprint density at radius 1 is 1.38 bits per heavy atom. The van der Waals surface area contributed by atoms with Gasteiger partial charge in [0.25, 0.3) is 0 Å². The molecule has 1 fully saturated rings. The summed E-state index contributed by atoms with van der Waals surface area (Å²) >= 11 is 0. The molecule has 1 saturated heterocycles. The molecule has 1 N–H and O–H groups in total. The summed E-state index contributed by atoms with van der Waals surface area (Å²) in [6.45, 7) is 2.07. The third kappa shape index (κ3) is 3.25. The average Bonchev–Trinajstić information content (AvgIpc) is 2.97. The summed E-state index contributed by atoms with van der Waals surface area (Å²) in [7, 11) is -2.31. The van der Waals surface area contributed by atoms with Gasteiger partial charge in [0.05, 0.1) is 24.0 Å². The Morgan fingerprint density at radius 2 is 2.00 bits per heavy atom. The van der Waals surface area contributed by atoms with E-state index in [1.807, 2.05) is 0 Å². The van der Waals surface area contributed by atoms with E-state index in [0.29, 0.717) is 18.5 Å². The summed E-state index contributed by atoms with van der Waals surface area (Å²) in [5.74, 6) is -0.779. The van der Waals surface area contributed by atoms with Crippen LogP contribution in [0.25, 0.3) is 0 Å². The van der Waals surface area contributed by atoms with E-state index in [1.54, 1.807) is 19.1 Å². The number of ether oxygens (including phenoxy) is 1. The first kappa shape index (κ1) is 15.9. The Bertz CT molecular complexity index is 609. The van der Waals surface area contributed by atoms with Crippen LogP contribution in [0, 0.1) is 5.92 Å². The van der Waals surface area contributed by atoms with Crippen LogP contribution in [0.3, 0.4) is 0 Å². The lowest BCUT2D eigenvalue weighted by atomic mass is 10.1. The molecule has 21 heavy (non-hydrogen) atoms. The van der Waals surface area contributed by atoms with E-state index in [2.05, 4.69) is 4.74 Å². The maximum atomic E-state index is 12.5. The number of carbonyl (C=O) groups excluding carboxylic acids is 1. The third-order valence-electron chi connectivity index (χ3n) is 3.69. The molecular weight excluding hydrogens is 294 g/mol. The van der Waals surface area contributed by atoms with E-state index < -0.39 is 22.0 Å². The zero-order valence-electron chi connectivity index (χ0n) is 12.0. The maximum absolute atomic E-state index is 12.5. The van der Waals surface area contributed by atoms with Gasteiger partial charge in [0.15, 0.2) is 0 Å². The highest BCUT2D eigenvalue weighted by Gasteiger charge is 2.36. The number of aliphatic hydroxyl groups is 1. The van der Waals surface area contributed by atoms with Crippen LogP contribution >= 0.6 is 0 Å². The smallest absolute Gasteiger partial charge is 0.310 e. The molecule has 1 aromatic carbocycles. The fourth-order valence-corrected chi connectivity index (χ4v) is 3.87. The molecule has 7 heteroatoms. The number of hydrogen-bond acceptors (Lipinski definition) is 5. The molecule has 0 aromatic heterocycles. The van der Waals surface area contributed by atoms with Gasteiger partial charge in [0.1, 0.15) is 0 Å². The van der Waals surface area contributed by atoms with Gasteiger partial charge in [-0.2, -0.15) is 4.31 Å². The van der Waals surface area contributed by atoms with Crippen LogP contribution in [0.5, 0.6) is 0 Å². The first-order chi connectivity index (χ1) is 9.86. The Morgan fingerprint density at radius 3 is 2.52 bits per heavy atom. The van der Waals surface area contributed by atoms with Crippen molar-refractivity contribution in [2.75, 3.05) is 20.2 Å². The number of hydrogen-bond donors (Lipinski definition) is 1. The normalized spacial score (nSPS) is 21.2. The van der Waals surface area contributed by atoms with Crippen molar-refractivity contribution in [2.24, 2.45) is 5.92 Å². The van der Waals surface area contributed by atoms with E-state index in [4.69, 9.17) is 0 Å². The topological polar surface area (TPSA) is 83.9 Å². The quantitative estimate of drug-likeness (QED) is 0.836. The van der Waals surface area contributed by atoms with Crippen LogP contribution in [0.1, 0.15) is 25.0 Å². The molecule has 0 amide bonds. The number of methoxy groups -OCH3 is 1. The largest absolute Gasteiger partial charge is 0.469 e. The fourth-order valence-electron chi connectivity index (χ4n) is 2.37. The van der Waals surface area contributed by atoms with Crippen molar-refractivity contribution < 1.29 is 23.1 Å². The fraction of sp³-hybridized carbons (Fsp3) is 0.500. The molecule has 2 atom stereocenters. The van der Waals surface area contributed by atoms with Gasteiger partial charge in [-0.1, -0.05) is 12.1 Å². The number of nitrogens with zero attached hydrogens (tertiary/aromatic N) is 1. The highest BCUT2D eigenvalue weighted by atomic mass is 32.2. The van der Waals surface area contributed by atoms with E-state index in [9.17, 15) is 18.3 Å². The van der Waals surface area contributed by atoms with Crippen LogP contribution in [0.4, 0.5) is 0 Å². The van der Waals surface area contributed by atoms with Crippen molar-refractivity contribution in [3.05, 3.63) is 29.8 Å². The van der Waals surface area contributed by atoms with Gasteiger partial charge in [-0.15, -0.1) is 0 Å². The van der Waals surface area contributed by atoms with Crippen LogP contribution in [-0.4, -0.2) is 44.0 Å². The van der Waals surface area contributed by atoms with Crippen LogP contribution in [-0.2, 0) is 19.6 Å². The first-order valence-corrected chi connectivity index (χ1v) is 8.16. The number of aliphatic hydroxyl groups excluding tert-OH is 1. The number of esters is 1. The molecule has 116 valence electrons. The summed E-state index contributed by atoms with van der Waals surface area (Å²) in [4.78, 5) is 11.6. The number of carbonyl (C=O) groups is 1. The summed E-state index contributed by atoms with van der Waals surface area (Å²) in [5, 5.41) is 9.44. The van der Waals surface area contributed by atoms with Gasteiger partial charge >= 0.3 is 5.97 Å². The lowest BCUT2D eigenvalue weighted by molar-refractivity contribution is -0.144. The van der Waals surface area contributed by atoms with Crippen LogP contribution < -0.4 is 0 Å².